The molecule has 0 radical (unpaired) electrons. The number of ether oxygens (including phenoxy) is 2. The molecule has 0 saturated heterocycles. The van der Waals surface area contributed by atoms with E-state index in [-0.39, 0.29) is 11.1 Å². The van der Waals surface area contributed by atoms with Crippen molar-refractivity contribution in [2.75, 3.05) is 14.2 Å². The van der Waals surface area contributed by atoms with Crippen molar-refractivity contribution in [2.45, 2.75) is 0 Å². The normalized spacial score (nSPS) is 10.6. The molecule has 1 amide bonds. The molecule has 0 atom stereocenters. The highest BCUT2D eigenvalue weighted by Gasteiger charge is 2.10. The van der Waals surface area contributed by atoms with Gasteiger partial charge in [-0.15, -0.1) is 0 Å². The number of nitrogens with zero attached hydrogens (tertiary/aromatic N) is 2. The number of methoxy groups -OCH3 is 2. The fraction of sp³-hybridized carbons (Fsp3) is 0.188. The molecule has 0 aliphatic rings. The van der Waals surface area contributed by atoms with Gasteiger partial charge in [0, 0.05) is 18.8 Å². The van der Waals surface area contributed by atoms with E-state index in [0.717, 1.165) is 0 Å². The molecule has 23 heavy (non-hydrogen) atoms. The van der Waals surface area contributed by atoms with Gasteiger partial charge >= 0.3 is 0 Å². The van der Waals surface area contributed by atoms with Crippen LogP contribution in [-0.2, 0) is 7.05 Å². The largest absolute Gasteiger partial charge is 0.497 e. The van der Waals surface area contributed by atoms with Gasteiger partial charge in [-0.3, -0.25) is 9.59 Å². The summed E-state index contributed by atoms with van der Waals surface area (Å²) in [5.41, 5.74) is 2.59. The van der Waals surface area contributed by atoms with Crippen LogP contribution >= 0.6 is 0 Å². The average Bonchev–Trinajstić information content (AvgIpc) is 2.57. The first kappa shape index (κ1) is 16.3. The molecule has 0 bridgehead atoms. The summed E-state index contributed by atoms with van der Waals surface area (Å²) in [4.78, 5) is 23.8. The fourth-order valence-electron chi connectivity index (χ4n) is 1.93. The summed E-state index contributed by atoms with van der Waals surface area (Å²) in [7, 11) is 4.66. The maximum atomic E-state index is 12.0. The highest BCUT2D eigenvalue weighted by atomic mass is 16.5. The Labute approximate surface area is 133 Å². The molecule has 1 aromatic carbocycles. The number of pyridine rings is 1. The van der Waals surface area contributed by atoms with E-state index in [1.54, 1.807) is 44.6 Å². The minimum atomic E-state index is -0.579. The van der Waals surface area contributed by atoms with E-state index in [1.165, 1.54) is 24.0 Å². The molecule has 0 spiro atoms. The molecular weight excluding hydrogens is 298 g/mol. The SMILES string of the molecule is COc1ccc(OC)c(/C=N\NC(=O)c2cccn(C)c2=O)c1. The zero-order valence-corrected chi connectivity index (χ0v) is 13.1. The number of rotatable bonds is 5. The van der Waals surface area contributed by atoms with Gasteiger partial charge in [0.25, 0.3) is 11.5 Å². The Kier molecular flexibility index (Phi) is 5.14. The highest BCUT2D eigenvalue weighted by Crippen LogP contribution is 2.22. The Hall–Kier alpha value is -3.09. The lowest BCUT2D eigenvalue weighted by atomic mass is 10.2. The molecule has 7 heteroatoms. The number of aromatic nitrogens is 1. The van der Waals surface area contributed by atoms with Crippen LogP contribution in [0.3, 0.4) is 0 Å². The summed E-state index contributed by atoms with van der Waals surface area (Å²) in [6.45, 7) is 0. The summed E-state index contributed by atoms with van der Waals surface area (Å²) >= 11 is 0. The molecule has 1 aromatic heterocycles. The van der Waals surface area contributed by atoms with Crippen molar-refractivity contribution in [2.24, 2.45) is 12.1 Å². The number of amides is 1. The van der Waals surface area contributed by atoms with E-state index in [1.807, 2.05) is 0 Å². The molecular formula is C16H17N3O4. The number of carbonyl (C=O) groups is 1. The van der Waals surface area contributed by atoms with E-state index in [0.29, 0.717) is 17.1 Å². The molecule has 0 unspecified atom stereocenters. The number of hydrogen-bond acceptors (Lipinski definition) is 5. The minimum Gasteiger partial charge on any atom is -0.497 e. The van der Waals surface area contributed by atoms with E-state index in [2.05, 4.69) is 10.5 Å². The van der Waals surface area contributed by atoms with Gasteiger partial charge in [-0.25, -0.2) is 5.43 Å². The Morgan fingerprint density at radius 3 is 2.74 bits per heavy atom. The van der Waals surface area contributed by atoms with Crippen LogP contribution in [0.15, 0.2) is 46.4 Å². The van der Waals surface area contributed by atoms with E-state index in [4.69, 9.17) is 9.47 Å². The molecule has 120 valence electrons. The third-order valence-corrected chi connectivity index (χ3v) is 3.17. The molecule has 0 aliphatic heterocycles. The molecule has 0 fully saturated rings. The first-order chi connectivity index (χ1) is 11.1. The molecule has 0 aliphatic carbocycles. The average molecular weight is 315 g/mol. The molecule has 1 N–H and O–H groups in total. The van der Waals surface area contributed by atoms with Crippen LogP contribution in [0.2, 0.25) is 0 Å². The van der Waals surface area contributed by atoms with Crippen LogP contribution < -0.4 is 20.5 Å². The van der Waals surface area contributed by atoms with Crippen LogP contribution in [0.25, 0.3) is 0 Å². The van der Waals surface area contributed by atoms with E-state index in [9.17, 15) is 9.59 Å². The van der Waals surface area contributed by atoms with Gasteiger partial charge < -0.3 is 14.0 Å². The Balaban J connectivity index is 2.17. The number of aryl methyl sites for hydroxylation is 1. The predicted molar refractivity (Wildman–Crippen MR) is 86.3 cm³/mol. The molecule has 7 nitrogen and oxygen atoms in total. The first-order valence-electron chi connectivity index (χ1n) is 6.78. The zero-order chi connectivity index (χ0) is 16.8. The Bertz CT molecular complexity index is 796. The van der Waals surface area contributed by atoms with Gasteiger partial charge in [0.05, 0.1) is 20.4 Å². The van der Waals surface area contributed by atoms with Crippen LogP contribution in [0, 0.1) is 0 Å². The lowest BCUT2D eigenvalue weighted by molar-refractivity contribution is 0.0953. The predicted octanol–water partition coefficient (Wildman–Crippen LogP) is 1.17. The lowest BCUT2D eigenvalue weighted by Crippen LogP contribution is -2.29. The number of benzene rings is 1. The van der Waals surface area contributed by atoms with Crippen LogP contribution in [0.1, 0.15) is 15.9 Å². The van der Waals surface area contributed by atoms with Crippen molar-refractivity contribution in [3.63, 3.8) is 0 Å². The maximum absolute atomic E-state index is 12.0. The smallest absolute Gasteiger partial charge is 0.276 e. The standard InChI is InChI=1S/C16H17N3O4/c1-19-8-4-5-13(16(19)21)15(20)18-17-10-11-9-12(22-2)6-7-14(11)23-3/h4-10H,1-3H3,(H,18,20)/b17-10-. The minimum absolute atomic E-state index is 0.0183. The summed E-state index contributed by atoms with van der Waals surface area (Å²) in [6, 6.07) is 8.26. The van der Waals surface area contributed by atoms with Crippen molar-refractivity contribution in [3.05, 3.63) is 58.0 Å². The van der Waals surface area contributed by atoms with Crippen molar-refractivity contribution in [1.29, 1.82) is 0 Å². The van der Waals surface area contributed by atoms with Gasteiger partial charge in [0.2, 0.25) is 0 Å². The Morgan fingerprint density at radius 1 is 1.26 bits per heavy atom. The van der Waals surface area contributed by atoms with Gasteiger partial charge in [-0.2, -0.15) is 5.10 Å². The highest BCUT2D eigenvalue weighted by molar-refractivity contribution is 5.94. The lowest BCUT2D eigenvalue weighted by Gasteiger charge is -2.06. The van der Waals surface area contributed by atoms with Gasteiger partial charge in [0.15, 0.2) is 0 Å². The molecule has 2 rings (SSSR count). The molecule has 0 saturated carbocycles. The number of nitrogens with one attached hydrogen (secondary N) is 1. The van der Waals surface area contributed by atoms with Crippen molar-refractivity contribution < 1.29 is 14.3 Å². The van der Waals surface area contributed by atoms with E-state index >= 15 is 0 Å². The van der Waals surface area contributed by atoms with Gasteiger partial charge in [-0.1, -0.05) is 0 Å². The second-order valence-corrected chi connectivity index (χ2v) is 4.64. The van der Waals surface area contributed by atoms with Gasteiger partial charge in [-0.05, 0) is 30.3 Å². The summed E-state index contributed by atoms with van der Waals surface area (Å²) in [5.74, 6) is 0.638. The third-order valence-electron chi connectivity index (χ3n) is 3.17. The quantitative estimate of drug-likeness (QED) is 0.663. The van der Waals surface area contributed by atoms with Crippen molar-refractivity contribution in [3.8, 4) is 11.5 Å². The summed E-state index contributed by atoms with van der Waals surface area (Å²) < 4.78 is 11.7. The fourth-order valence-corrected chi connectivity index (χ4v) is 1.93. The number of carbonyl (C=O) groups excluding carboxylic acids is 1. The van der Waals surface area contributed by atoms with E-state index < -0.39 is 5.91 Å². The maximum Gasteiger partial charge on any atom is 0.276 e. The zero-order valence-electron chi connectivity index (χ0n) is 13.1. The van der Waals surface area contributed by atoms with Gasteiger partial charge in [0.1, 0.15) is 17.1 Å². The van der Waals surface area contributed by atoms with Crippen LogP contribution in [0.5, 0.6) is 11.5 Å². The van der Waals surface area contributed by atoms with Crippen molar-refractivity contribution in [1.82, 2.24) is 9.99 Å². The van der Waals surface area contributed by atoms with Crippen LogP contribution in [-0.4, -0.2) is 30.9 Å². The second kappa shape index (κ2) is 7.26. The molecule has 2 aromatic rings. The third kappa shape index (κ3) is 3.76. The number of hydrogen-bond donors (Lipinski definition) is 1. The Morgan fingerprint density at radius 2 is 2.04 bits per heavy atom. The second-order valence-electron chi connectivity index (χ2n) is 4.64. The number of hydrazone groups is 1. The monoisotopic (exact) mass is 315 g/mol. The summed E-state index contributed by atoms with van der Waals surface area (Å²) in [6.07, 6.45) is 3.00. The molecule has 1 heterocycles. The topological polar surface area (TPSA) is 81.9 Å². The van der Waals surface area contributed by atoms with Crippen molar-refractivity contribution >= 4 is 12.1 Å². The van der Waals surface area contributed by atoms with Crippen LogP contribution in [0.4, 0.5) is 0 Å². The summed E-state index contributed by atoms with van der Waals surface area (Å²) in [5, 5.41) is 3.86. The first-order valence-corrected chi connectivity index (χ1v) is 6.78.